The lowest BCUT2D eigenvalue weighted by Gasteiger charge is -2.16. The number of amides is 1. The Morgan fingerprint density at radius 1 is 1.07 bits per heavy atom. The lowest BCUT2D eigenvalue weighted by molar-refractivity contribution is 0.0954. The Morgan fingerprint density at radius 3 is 2.25 bits per heavy atom. The smallest absolute Gasteiger partial charge is 0.271 e. The molecule has 0 bridgehead atoms. The van der Waals surface area contributed by atoms with Crippen molar-refractivity contribution in [3.8, 4) is 23.0 Å². The number of benzene rings is 2. The molecule has 28 heavy (non-hydrogen) atoms. The van der Waals surface area contributed by atoms with Gasteiger partial charge in [0, 0.05) is 15.6 Å². The number of carbonyl (C=O) groups is 1. The molecule has 0 aliphatic carbocycles. The van der Waals surface area contributed by atoms with Gasteiger partial charge in [-0.3, -0.25) is 4.79 Å². The molecular weight excluding hydrogens is 428 g/mol. The van der Waals surface area contributed by atoms with Crippen LogP contribution in [0.3, 0.4) is 0 Å². The van der Waals surface area contributed by atoms with Crippen molar-refractivity contribution in [1.29, 1.82) is 0 Å². The molecule has 0 saturated heterocycles. The molecule has 150 valence electrons. The largest absolute Gasteiger partial charge is 0.507 e. The van der Waals surface area contributed by atoms with Crippen LogP contribution >= 0.6 is 15.9 Å². The number of ether oxygens (including phenoxy) is 3. The fourth-order valence-corrected chi connectivity index (χ4v) is 2.75. The van der Waals surface area contributed by atoms with Crippen molar-refractivity contribution in [2.24, 2.45) is 5.10 Å². The quantitative estimate of drug-likeness (QED) is 0.443. The molecular formula is C20H23BrN2O5. The number of halogens is 1. The summed E-state index contributed by atoms with van der Waals surface area (Å²) in [7, 11) is 0. The molecule has 0 fully saturated rings. The number of aromatic hydroxyl groups is 1. The number of nitrogens with zero attached hydrogens (tertiary/aromatic N) is 1. The predicted molar refractivity (Wildman–Crippen MR) is 111 cm³/mol. The van der Waals surface area contributed by atoms with Gasteiger partial charge in [-0.15, -0.1) is 0 Å². The standard InChI is InChI=1S/C20H23BrN2O5/c1-4-26-17-10-13(11-18(27-5-2)19(17)28-6-3)20(25)23-22-12-14-9-15(21)7-8-16(14)24/h7-12,24H,4-6H2,1-3H3,(H,23,25). The first kappa shape index (κ1) is 21.6. The van der Waals surface area contributed by atoms with Gasteiger partial charge in [0.2, 0.25) is 5.75 Å². The van der Waals surface area contributed by atoms with Crippen LogP contribution in [0.2, 0.25) is 0 Å². The molecule has 1 amide bonds. The van der Waals surface area contributed by atoms with Gasteiger partial charge in [-0.2, -0.15) is 5.10 Å². The van der Waals surface area contributed by atoms with Crippen LogP contribution in [0, 0.1) is 0 Å². The number of hydrogen-bond donors (Lipinski definition) is 2. The second kappa shape index (κ2) is 10.6. The van der Waals surface area contributed by atoms with Gasteiger partial charge in [-0.25, -0.2) is 5.43 Å². The normalized spacial score (nSPS) is 10.7. The third kappa shape index (κ3) is 5.63. The Morgan fingerprint density at radius 2 is 1.68 bits per heavy atom. The Balaban J connectivity index is 2.26. The second-order valence-corrected chi connectivity index (χ2v) is 6.42. The van der Waals surface area contributed by atoms with E-state index in [2.05, 4.69) is 26.5 Å². The van der Waals surface area contributed by atoms with Crippen molar-refractivity contribution in [2.75, 3.05) is 19.8 Å². The van der Waals surface area contributed by atoms with E-state index in [4.69, 9.17) is 14.2 Å². The Hall–Kier alpha value is -2.74. The van der Waals surface area contributed by atoms with Crippen LogP contribution in [0.1, 0.15) is 36.7 Å². The van der Waals surface area contributed by atoms with Crippen LogP contribution < -0.4 is 19.6 Å². The molecule has 2 aromatic carbocycles. The van der Waals surface area contributed by atoms with Gasteiger partial charge in [-0.05, 0) is 51.1 Å². The van der Waals surface area contributed by atoms with Crippen LogP contribution in [-0.4, -0.2) is 37.0 Å². The van der Waals surface area contributed by atoms with Crippen molar-refractivity contribution < 1.29 is 24.1 Å². The van der Waals surface area contributed by atoms with E-state index in [1.165, 1.54) is 12.3 Å². The SMILES string of the molecule is CCOc1cc(C(=O)NN=Cc2cc(Br)ccc2O)cc(OCC)c1OCC. The summed E-state index contributed by atoms with van der Waals surface area (Å²) < 4.78 is 17.6. The lowest BCUT2D eigenvalue weighted by Crippen LogP contribution is -2.18. The zero-order valence-electron chi connectivity index (χ0n) is 16.0. The highest BCUT2D eigenvalue weighted by Gasteiger charge is 2.18. The van der Waals surface area contributed by atoms with E-state index in [-0.39, 0.29) is 5.75 Å². The zero-order chi connectivity index (χ0) is 20.5. The number of hydrogen-bond acceptors (Lipinski definition) is 6. The number of nitrogens with one attached hydrogen (secondary N) is 1. The van der Waals surface area contributed by atoms with E-state index in [1.54, 1.807) is 24.3 Å². The first-order valence-corrected chi connectivity index (χ1v) is 9.67. The minimum Gasteiger partial charge on any atom is -0.507 e. The minimum absolute atomic E-state index is 0.0551. The molecule has 0 radical (unpaired) electrons. The van der Waals surface area contributed by atoms with Gasteiger partial charge in [0.25, 0.3) is 5.91 Å². The van der Waals surface area contributed by atoms with E-state index in [1.807, 2.05) is 20.8 Å². The molecule has 0 spiro atoms. The summed E-state index contributed by atoms with van der Waals surface area (Å²) in [6.07, 6.45) is 1.36. The van der Waals surface area contributed by atoms with Crippen LogP contribution in [-0.2, 0) is 0 Å². The highest BCUT2D eigenvalue weighted by molar-refractivity contribution is 9.10. The number of hydrazone groups is 1. The summed E-state index contributed by atoms with van der Waals surface area (Å²) in [5, 5.41) is 13.7. The van der Waals surface area contributed by atoms with E-state index < -0.39 is 5.91 Å². The number of carbonyl (C=O) groups excluding carboxylic acids is 1. The third-order valence-corrected chi connectivity index (χ3v) is 4.02. The number of rotatable bonds is 9. The van der Waals surface area contributed by atoms with Gasteiger partial charge < -0.3 is 19.3 Å². The minimum atomic E-state index is -0.448. The first-order valence-electron chi connectivity index (χ1n) is 8.88. The maximum absolute atomic E-state index is 12.5. The van der Waals surface area contributed by atoms with Gasteiger partial charge >= 0.3 is 0 Å². The summed E-state index contributed by atoms with van der Waals surface area (Å²) in [4.78, 5) is 12.5. The Labute approximate surface area is 172 Å². The molecule has 8 heteroatoms. The van der Waals surface area contributed by atoms with E-state index in [0.717, 1.165) is 4.47 Å². The fourth-order valence-electron chi connectivity index (χ4n) is 2.37. The van der Waals surface area contributed by atoms with Crippen molar-refractivity contribution in [3.63, 3.8) is 0 Å². The van der Waals surface area contributed by atoms with Gasteiger partial charge in [0.05, 0.1) is 26.0 Å². The highest BCUT2D eigenvalue weighted by atomic mass is 79.9. The van der Waals surface area contributed by atoms with E-state index >= 15 is 0 Å². The number of phenolic OH excluding ortho intramolecular Hbond substituents is 1. The predicted octanol–water partition coefficient (Wildman–Crippen LogP) is 4.11. The van der Waals surface area contributed by atoms with Crippen molar-refractivity contribution in [1.82, 2.24) is 5.43 Å². The topological polar surface area (TPSA) is 89.4 Å². The van der Waals surface area contributed by atoms with Crippen molar-refractivity contribution in [3.05, 3.63) is 45.9 Å². The zero-order valence-corrected chi connectivity index (χ0v) is 17.6. The molecule has 0 heterocycles. The molecule has 0 aromatic heterocycles. The van der Waals surface area contributed by atoms with Crippen LogP contribution in [0.4, 0.5) is 0 Å². The summed E-state index contributed by atoms with van der Waals surface area (Å²) >= 11 is 3.32. The monoisotopic (exact) mass is 450 g/mol. The van der Waals surface area contributed by atoms with Gasteiger partial charge in [0.15, 0.2) is 11.5 Å². The highest BCUT2D eigenvalue weighted by Crippen LogP contribution is 2.39. The third-order valence-electron chi connectivity index (χ3n) is 3.53. The van der Waals surface area contributed by atoms with E-state index in [0.29, 0.717) is 48.2 Å². The Bertz CT molecular complexity index is 827. The summed E-state index contributed by atoms with van der Waals surface area (Å²) in [6.45, 7) is 6.81. The van der Waals surface area contributed by atoms with Gasteiger partial charge in [0.1, 0.15) is 5.75 Å². The van der Waals surface area contributed by atoms with Crippen LogP contribution in [0.15, 0.2) is 39.9 Å². The summed E-state index contributed by atoms with van der Waals surface area (Å²) in [5.41, 5.74) is 3.21. The molecule has 2 N–H and O–H groups in total. The average Bonchev–Trinajstić information content (AvgIpc) is 2.67. The first-order chi connectivity index (χ1) is 13.5. The maximum atomic E-state index is 12.5. The molecule has 0 aliphatic rings. The molecule has 0 aliphatic heterocycles. The molecule has 0 unspecified atom stereocenters. The molecule has 0 atom stereocenters. The van der Waals surface area contributed by atoms with Crippen LogP contribution in [0.25, 0.3) is 0 Å². The maximum Gasteiger partial charge on any atom is 0.271 e. The number of phenols is 1. The molecule has 2 rings (SSSR count). The molecule has 7 nitrogen and oxygen atoms in total. The fraction of sp³-hybridized carbons (Fsp3) is 0.300. The molecule has 2 aromatic rings. The van der Waals surface area contributed by atoms with Crippen LogP contribution in [0.5, 0.6) is 23.0 Å². The average molecular weight is 451 g/mol. The van der Waals surface area contributed by atoms with E-state index in [9.17, 15) is 9.90 Å². The lowest BCUT2D eigenvalue weighted by atomic mass is 10.1. The van der Waals surface area contributed by atoms with Crippen molar-refractivity contribution in [2.45, 2.75) is 20.8 Å². The Kier molecular flexibility index (Phi) is 8.13. The van der Waals surface area contributed by atoms with Gasteiger partial charge in [-0.1, -0.05) is 15.9 Å². The second-order valence-electron chi connectivity index (χ2n) is 5.50. The summed E-state index contributed by atoms with van der Waals surface area (Å²) in [5.74, 6) is 0.920. The molecule has 0 saturated carbocycles. The van der Waals surface area contributed by atoms with Crippen molar-refractivity contribution >= 4 is 28.1 Å². The summed E-state index contributed by atoms with van der Waals surface area (Å²) in [6, 6.07) is 8.08.